The summed E-state index contributed by atoms with van der Waals surface area (Å²) in [5, 5.41) is 7.82. The van der Waals surface area contributed by atoms with E-state index in [0.29, 0.717) is 5.69 Å². The van der Waals surface area contributed by atoms with E-state index in [1.807, 2.05) is 41.1 Å². The zero-order chi connectivity index (χ0) is 27.9. The molecule has 0 fully saturated rings. The van der Waals surface area contributed by atoms with E-state index < -0.39 is 6.03 Å². The molecule has 3 aromatic carbocycles. The van der Waals surface area contributed by atoms with E-state index in [2.05, 4.69) is 69.1 Å². The van der Waals surface area contributed by atoms with E-state index in [-0.39, 0.29) is 5.41 Å². The van der Waals surface area contributed by atoms with Gasteiger partial charge in [0.05, 0.1) is 18.5 Å². The van der Waals surface area contributed by atoms with Crippen LogP contribution in [0.15, 0.2) is 60.7 Å². The first-order valence-electron chi connectivity index (χ1n) is 13.3. The molecular formula is C32H37N5O2. The second kappa shape index (κ2) is 10.1. The van der Waals surface area contributed by atoms with Crippen LogP contribution in [0.25, 0.3) is 16.9 Å². The molecule has 2 heterocycles. The molecule has 0 aliphatic carbocycles. The predicted molar refractivity (Wildman–Crippen MR) is 158 cm³/mol. The lowest BCUT2D eigenvalue weighted by Crippen LogP contribution is -2.31. The van der Waals surface area contributed by atoms with Gasteiger partial charge in [-0.3, -0.25) is 0 Å². The fourth-order valence-corrected chi connectivity index (χ4v) is 5.38. The molecule has 4 aromatic rings. The fourth-order valence-electron chi connectivity index (χ4n) is 5.38. The van der Waals surface area contributed by atoms with Crippen LogP contribution in [0, 0.1) is 13.8 Å². The van der Waals surface area contributed by atoms with Gasteiger partial charge in [-0.1, -0.05) is 57.2 Å². The van der Waals surface area contributed by atoms with Gasteiger partial charge >= 0.3 is 6.03 Å². The van der Waals surface area contributed by atoms with E-state index in [1.54, 1.807) is 7.11 Å². The predicted octanol–water partition coefficient (Wildman–Crippen LogP) is 6.52. The van der Waals surface area contributed by atoms with E-state index in [0.717, 1.165) is 53.5 Å². The number of methoxy groups -OCH3 is 1. The molecule has 3 N–H and O–H groups in total. The number of fused-ring (bicyclic) bond motifs is 1. The summed E-state index contributed by atoms with van der Waals surface area (Å²) in [6.07, 6.45) is 0.837. The average molecular weight is 524 g/mol. The average Bonchev–Trinajstić information content (AvgIpc) is 3.26. The fraction of sp³-hybridized carbons (Fsp3) is 0.312. The number of carbonyl (C=O) groups is 1. The van der Waals surface area contributed by atoms with Crippen molar-refractivity contribution in [2.75, 3.05) is 23.9 Å². The van der Waals surface area contributed by atoms with Gasteiger partial charge in [0.1, 0.15) is 11.4 Å². The number of rotatable bonds is 5. The van der Waals surface area contributed by atoms with Gasteiger partial charge in [-0.05, 0) is 60.2 Å². The first kappa shape index (κ1) is 26.4. The highest BCUT2D eigenvalue weighted by Crippen LogP contribution is 2.39. The number of ether oxygens (including phenoxy) is 1. The highest BCUT2D eigenvalue weighted by atomic mass is 16.5. The van der Waals surface area contributed by atoms with Crippen molar-refractivity contribution in [2.45, 2.75) is 53.0 Å². The highest BCUT2D eigenvalue weighted by molar-refractivity contribution is 5.88. The Hall–Kier alpha value is -4.26. The molecule has 1 aliphatic rings. The van der Waals surface area contributed by atoms with Gasteiger partial charge in [-0.25, -0.2) is 9.48 Å². The number of hydrogen-bond donors (Lipinski definition) is 2. The number of nitrogens with zero attached hydrogens (tertiary/aromatic N) is 3. The summed E-state index contributed by atoms with van der Waals surface area (Å²) in [4.78, 5) is 13.9. The Morgan fingerprint density at radius 3 is 2.44 bits per heavy atom. The number of para-hydroxylation sites is 1. The summed E-state index contributed by atoms with van der Waals surface area (Å²) in [7, 11) is 1.69. The monoisotopic (exact) mass is 523 g/mol. The minimum atomic E-state index is -0.585. The standard InChI is InChI=1S/C32H37N5O2/c1-20-10-13-23(32(3,4)5)18-27(20)36-17-16-26-25(19-36)30(22-11-14-24(15-12-22)34-31(33)38)37(35-26)29-21(2)8-7-9-28(29)39-6/h7-15,18H,16-17,19H2,1-6H3,(H3,33,34,38). The van der Waals surface area contributed by atoms with E-state index >= 15 is 0 Å². The maximum atomic E-state index is 11.4. The number of benzene rings is 3. The molecule has 7 heteroatoms. The Bertz CT molecular complexity index is 1530. The van der Waals surface area contributed by atoms with E-state index in [4.69, 9.17) is 15.6 Å². The summed E-state index contributed by atoms with van der Waals surface area (Å²) in [6.45, 7) is 12.7. The van der Waals surface area contributed by atoms with Crippen LogP contribution in [0.2, 0.25) is 0 Å². The summed E-state index contributed by atoms with van der Waals surface area (Å²) >= 11 is 0. The number of nitrogens with two attached hydrogens (primary N) is 1. The van der Waals surface area contributed by atoms with Crippen molar-refractivity contribution in [1.29, 1.82) is 0 Å². The largest absolute Gasteiger partial charge is 0.494 e. The molecule has 202 valence electrons. The van der Waals surface area contributed by atoms with Crippen LogP contribution in [0.5, 0.6) is 5.75 Å². The zero-order valence-corrected chi connectivity index (χ0v) is 23.6. The number of primary amides is 1. The summed E-state index contributed by atoms with van der Waals surface area (Å²) in [5.74, 6) is 0.772. The molecular weight excluding hydrogens is 486 g/mol. The van der Waals surface area contributed by atoms with Gasteiger partial charge in [0, 0.05) is 42.0 Å². The van der Waals surface area contributed by atoms with Crippen LogP contribution in [0.4, 0.5) is 16.2 Å². The van der Waals surface area contributed by atoms with Crippen LogP contribution >= 0.6 is 0 Å². The van der Waals surface area contributed by atoms with Gasteiger partial charge in [0.2, 0.25) is 0 Å². The van der Waals surface area contributed by atoms with Crippen LogP contribution in [-0.2, 0) is 18.4 Å². The Morgan fingerprint density at radius 2 is 1.77 bits per heavy atom. The lowest BCUT2D eigenvalue weighted by molar-refractivity contribution is 0.259. The first-order chi connectivity index (χ1) is 18.6. The second-order valence-corrected chi connectivity index (χ2v) is 11.3. The van der Waals surface area contributed by atoms with Gasteiger partial charge in [-0.15, -0.1) is 0 Å². The van der Waals surface area contributed by atoms with Crippen LogP contribution in [0.3, 0.4) is 0 Å². The normalized spacial score (nSPS) is 13.2. The molecule has 0 spiro atoms. The molecule has 1 aromatic heterocycles. The van der Waals surface area contributed by atoms with Crippen molar-refractivity contribution in [3.8, 4) is 22.7 Å². The molecule has 0 bridgehead atoms. The van der Waals surface area contributed by atoms with Gasteiger partial charge < -0.3 is 20.7 Å². The van der Waals surface area contributed by atoms with Crippen molar-refractivity contribution >= 4 is 17.4 Å². The Morgan fingerprint density at radius 1 is 1.03 bits per heavy atom. The van der Waals surface area contributed by atoms with Crippen LogP contribution < -0.4 is 20.7 Å². The lowest BCUT2D eigenvalue weighted by atomic mass is 9.86. The molecule has 1 aliphatic heterocycles. The van der Waals surface area contributed by atoms with Crippen molar-refractivity contribution in [2.24, 2.45) is 5.73 Å². The number of nitrogens with one attached hydrogen (secondary N) is 1. The molecule has 0 unspecified atom stereocenters. The Balaban J connectivity index is 1.66. The molecule has 7 nitrogen and oxygen atoms in total. The van der Waals surface area contributed by atoms with Crippen molar-refractivity contribution in [3.63, 3.8) is 0 Å². The van der Waals surface area contributed by atoms with Gasteiger partial charge in [0.15, 0.2) is 0 Å². The number of hydrogen-bond acceptors (Lipinski definition) is 4. The quantitative estimate of drug-likeness (QED) is 0.312. The number of urea groups is 1. The Kier molecular flexibility index (Phi) is 6.85. The maximum Gasteiger partial charge on any atom is 0.316 e. The third-order valence-electron chi connectivity index (χ3n) is 7.51. The van der Waals surface area contributed by atoms with Crippen LogP contribution in [0.1, 0.15) is 48.7 Å². The van der Waals surface area contributed by atoms with Crippen LogP contribution in [-0.4, -0.2) is 29.5 Å². The van der Waals surface area contributed by atoms with E-state index in [1.165, 1.54) is 22.4 Å². The summed E-state index contributed by atoms with van der Waals surface area (Å²) < 4.78 is 7.82. The SMILES string of the molecule is COc1cccc(C)c1-n1nc2c(c1-c1ccc(NC(N)=O)cc1)CN(c1cc(C(C)(C)C)ccc1C)CC2. The number of anilines is 2. The zero-order valence-electron chi connectivity index (χ0n) is 23.6. The summed E-state index contributed by atoms with van der Waals surface area (Å²) in [5.41, 5.74) is 16.2. The summed E-state index contributed by atoms with van der Waals surface area (Å²) in [6, 6.07) is 20.0. The molecule has 0 atom stereocenters. The minimum Gasteiger partial charge on any atom is -0.494 e. The van der Waals surface area contributed by atoms with Crippen molar-refractivity contribution in [1.82, 2.24) is 9.78 Å². The smallest absolute Gasteiger partial charge is 0.316 e. The molecule has 0 radical (unpaired) electrons. The molecule has 2 amide bonds. The second-order valence-electron chi connectivity index (χ2n) is 11.3. The third-order valence-corrected chi connectivity index (χ3v) is 7.51. The van der Waals surface area contributed by atoms with Crippen molar-refractivity contribution < 1.29 is 9.53 Å². The van der Waals surface area contributed by atoms with Gasteiger partial charge in [-0.2, -0.15) is 5.10 Å². The van der Waals surface area contributed by atoms with E-state index in [9.17, 15) is 4.79 Å². The molecule has 0 saturated carbocycles. The first-order valence-corrected chi connectivity index (χ1v) is 13.3. The maximum absolute atomic E-state index is 11.4. The lowest BCUT2D eigenvalue weighted by Gasteiger charge is -2.32. The molecule has 5 rings (SSSR count). The Labute approximate surface area is 230 Å². The topological polar surface area (TPSA) is 85.4 Å². The minimum absolute atomic E-state index is 0.0710. The molecule has 39 heavy (non-hydrogen) atoms. The number of carbonyl (C=O) groups excluding carboxylic acids is 1. The van der Waals surface area contributed by atoms with Gasteiger partial charge in [0.25, 0.3) is 0 Å². The third kappa shape index (κ3) is 5.09. The van der Waals surface area contributed by atoms with Crippen molar-refractivity contribution in [3.05, 3.63) is 88.6 Å². The molecule has 0 saturated heterocycles. The highest BCUT2D eigenvalue weighted by Gasteiger charge is 2.29. The number of amides is 2. The number of aryl methyl sites for hydroxylation is 2. The number of aromatic nitrogens is 2.